The Kier molecular flexibility index (Phi) is 6.13. The number of carbonyl (C=O) groups excluding carboxylic acids is 1. The molecule has 3 aromatic rings. The van der Waals surface area contributed by atoms with Crippen LogP contribution in [0.25, 0.3) is 0 Å². The van der Waals surface area contributed by atoms with Crippen LogP contribution in [0.5, 0.6) is 0 Å². The molecule has 0 bridgehead atoms. The largest absolute Gasteiger partial charge is 0.355 e. The first kappa shape index (κ1) is 20.8. The summed E-state index contributed by atoms with van der Waals surface area (Å²) >= 11 is 0. The minimum absolute atomic E-state index is 0.0474. The van der Waals surface area contributed by atoms with Gasteiger partial charge in [0.1, 0.15) is 5.84 Å². The number of hydrogen-bond donors (Lipinski definition) is 2. The summed E-state index contributed by atoms with van der Waals surface area (Å²) in [5.74, 6) is 0.205. The number of fused-ring (bicyclic) bond motifs is 1. The van der Waals surface area contributed by atoms with E-state index < -0.39 is 10.0 Å². The van der Waals surface area contributed by atoms with Crippen LogP contribution in [0.4, 0.5) is 0 Å². The Bertz CT molecular complexity index is 1150. The highest BCUT2D eigenvalue weighted by atomic mass is 32.2. The van der Waals surface area contributed by atoms with E-state index in [1.165, 1.54) is 0 Å². The SMILES string of the molecule is O=C(CCN=C1NS(=O)(=O)c2ccccc21)NCC(c1ccccc1)c1ccccc1. The monoisotopic (exact) mass is 433 g/mol. The first-order valence-electron chi connectivity index (χ1n) is 10.1. The maximum atomic E-state index is 12.4. The second-order valence-electron chi connectivity index (χ2n) is 7.26. The van der Waals surface area contributed by atoms with Gasteiger partial charge < -0.3 is 5.32 Å². The van der Waals surface area contributed by atoms with Gasteiger partial charge in [-0.05, 0) is 23.3 Å². The second kappa shape index (κ2) is 9.14. The topological polar surface area (TPSA) is 87.6 Å². The lowest BCUT2D eigenvalue weighted by molar-refractivity contribution is -0.120. The molecule has 0 saturated carbocycles. The van der Waals surface area contributed by atoms with E-state index in [2.05, 4.69) is 39.3 Å². The van der Waals surface area contributed by atoms with Crippen molar-refractivity contribution in [2.75, 3.05) is 13.1 Å². The smallest absolute Gasteiger partial charge is 0.263 e. The molecule has 158 valence electrons. The van der Waals surface area contributed by atoms with Crippen LogP contribution in [0, 0.1) is 0 Å². The van der Waals surface area contributed by atoms with E-state index in [-0.39, 0.29) is 35.5 Å². The molecular formula is C24H23N3O3S. The quantitative estimate of drug-likeness (QED) is 0.600. The van der Waals surface area contributed by atoms with E-state index in [0.717, 1.165) is 11.1 Å². The van der Waals surface area contributed by atoms with E-state index in [1.807, 2.05) is 36.4 Å². The number of aliphatic imine (C=N–C) groups is 1. The zero-order valence-electron chi connectivity index (χ0n) is 16.9. The van der Waals surface area contributed by atoms with Gasteiger partial charge in [-0.15, -0.1) is 0 Å². The summed E-state index contributed by atoms with van der Waals surface area (Å²) in [4.78, 5) is 17.0. The number of benzene rings is 3. The van der Waals surface area contributed by atoms with Crippen molar-refractivity contribution in [2.24, 2.45) is 4.99 Å². The number of amidine groups is 1. The summed E-state index contributed by atoms with van der Waals surface area (Å²) < 4.78 is 26.7. The molecule has 7 heteroatoms. The Labute approximate surface area is 182 Å². The molecule has 0 radical (unpaired) electrons. The average Bonchev–Trinajstić information content (AvgIpc) is 3.06. The fourth-order valence-corrected chi connectivity index (χ4v) is 4.87. The van der Waals surface area contributed by atoms with E-state index in [0.29, 0.717) is 12.1 Å². The number of sulfonamides is 1. The van der Waals surface area contributed by atoms with Crippen molar-refractivity contribution in [2.45, 2.75) is 17.2 Å². The molecule has 3 aromatic carbocycles. The molecule has 0 spiro atoms. The highest BCUT2D eigenvalue weighted by Gasteiger charge is 2.29. The minimum Gasteiger partial charge on any atom is -0.355 e. The van der Waals surface area contributed by atoms with Crippen LogP contribution >= 0.6 is 0 Å². The van der Waals surface area contributed by atoms with Crippen LogP contribution in [0.15, 0.2) is 94.8 Å². The van der Waals surface area contributed by atoms with E-state index in [4.69, 9.17) is 0 Å². The van der Waals surface area contributed by atoms with Crippen molar-refractivity contribution < 1.29 is 13.2 Å². The number of nitrogens with one attached hydrogen (secondary N) is 2. The van der Waals surface area contributed by atoms with Crippen molar-refractivity contribution in [1.82, 2.24) is 10.0 Å². The van der Waals surface area contributed by atoms with Crippen molar-refractivity contribution >= 4 is 21.8 Å². The predicted molar refractivity (Wildman–Crippen MR) is 121 cm³/mol. The van der Waals surface area contributed by atoms with Crippen molar-refractivity contribution in [1.29, 1.82) is 0 Å². The summed E-state index contributed by atoms with van der Waals surface area (Å²) in [6.45, 7) is 0.665. The van der Waals surface area contributed by atoms with Gasteiger partial charge in [0.05, 0.1) is 11.4 Å². The fraction of sp³-hybridized carbons (Fsp3) is 0.167. The van der Waals surface area contributed by atoms with E-state index in [9.17, 15) is 13.2 Å². The molecular weight excluding hydrogens is 410 g/mol. The summed E-state index contributed by atoms with van der Waals surface area (Å²) in [5.41, 5.74) is 2.80. The third kappa shape index (κ3) is 4.83. The highest BCUT2D eigenvalue weighted by Crippen LogP contribution is 2.24. The zero-order valence-corrected chi connectivity index (χ0v) is 17.7. The van der Waals surface area contributed by atoms with Gasteiger partial charge in [0.15, 0.2) is 0 Å². The van der Waals surface area contributed by atoms with Crippen LogP contribution < -0.4 is 10.0 Å². The van der Waals surface area contributed by atoms with Gasteiger partial charge >= 0.3 is 0 Å². The van der Waals surface area contributed by atoms with E-state index >= 15 is 0 Å². The summed E-state index contributed by atoms with van der Waals surface area (Å²) in [7, 11) is -3.57. The molecule has 1 heterocycles. The predicted octanol–water partition coefficient (Wildman–Crippen LogP) is 3.06. The molecule has 2 N–H and O–H groups in total. The Morgan fingerprint density at radius 2 is 1.45 bits per heavy atom. The number of nitrogens with zero attached hydrogens (tertiary/aromatic N) is 1. The molecule has 0 atom stereocenters. The van der Waals surface area contributed by atoms with Crippen molar-refractivity contribution in [3.63, 3.8) is 0 Å². The molecule has 0 aromatic heterocycles. The third-order valence-corrected chi connectivity index (χ3v) is 6.58. The van der Waals surface area contributed by atoms with Crippen molar-refractivity contribution in [3.8, 4) is 0 Å². The molecule has 1 aliphatic rings. The van der Waals surface area contributed by atoms with Gasteiger partial charge in [-0.25, -0.2) is 8.42 Å². The van der Waals surface area contributed by atoms with Gasteiger partial charge in [0, 0.05) is 24.4 Å². The molecule has 0 fully saturated rings. The van der Waals surface area contributed by atoms with Crippen LogP contribution in [-0.4, -0.2) is 33.3 Å². The van der Waals surface area contributed by atoms with Gasteiger partial charge in [-0.3, -0.25) is 14.5 Å². The van der Waals surface area contributed by atoms with E-state index in [1.54, 1.807) is 24.3 Å². The lowest BCUT2D eigenvalue weighted by Crippen LogP contribution is -2.29. The minimum atomic E-state index is -3.57. The number of hydrogen-bond acceptors (Lipinski definition) is 4. The molecule has 4 rings (SSSR count). The zero-order chi connectivity index (χ0) is 21.7. The maximum Gasteiger partial charge on any atom is 0.263 e. The first-order chi connectivity index (χ1) is 15.0. The van der Waals surface area contributed by atoms with Crippen LogP contribution in [-0.2, 0) is 14.8 Å². The number of amides is 1. The summed E-state index contributed by atoms with van der Waals surface area (Å²) in [6.07, 6.45) is 0.170. The lowest BCUT2D eigenvalue weighted by atomic mass is 9.91. The molecule has 31 heavy (non-hydrogen) atoms. The molecule has 6 nitrogen and oxygen atoms in total. The Balaban J connectivity index is 1.38. The van der Waals surface area contributed by atoms with Gasteiger partial charge in [0.2, 0.25) is 5.91 Å². The van der Waals surface area contributed by atoms with Crippen LogP contribution in [0.1, 0.15) is 29.0 Å². The maximum absolute atomic E-state index is 12.4. The van der Waals surface area contributed by atoms with Gasteiger partial charge in [0.25, 0.3) is 10.0 Å². The number of rotatable bonds is 7. The summed E-state index contributed by atoms with van der Waals surface area (Å²) in [5, 5.41) is 2.99. The van der Waals surface area contributed by atoms with Crippen molar-refractivity contribution in [3.05, 3.63) is 102 Å². The Morgan fingerprint density at radius 3 is 2.10 bits per heavy atom. The number of carbonyl (C=O) groups is 1. The molecule has 0 unspecified atom stereocenters. The first-order valence-corrected chi connectivity index (χ1v) is 11.6. The standard InChI is InChI=1S/C24H23N3O3S/c28-23(15-16-25-24-20-13-7-8-14-22(20)31(29,30)27-24)26-17-21(18-9-3-1-4-10-18)19-11-5-2-6-12-19/h1-14,21H,15-17H2,(H,25,27)(H,26,28). The fourth-order valence-electron chi connectivity index (χ4n) is 3.62. The Morgan fingerprint density at radius 1 is 0.871 bits per heavy atom. The Hall–Kier alpha value is -3.45. The molecule has 1 aliphatic heterocycles. The molecule has 0 saturated heterocycles. The van der Waals surface area contributed by atoms with Gasteiger partial charge in [-0.1, -0.05) is 72.8 Å². The van der Waals surface area contributed by atoms with Gasteiger partial charge in [-0.2, -0.15) is 0 Å². The second-order valence-corrected chi connectivity index (χ2v) is 8.91. The average molecular weight is 434 g/mol. The van der Waals surface area contributed by atoms with Crippen LogP contribution in [0.3, 0.4) is 0 Å². The molecule has 0 aliphatic carbocycles. The third-order valence-electron chi connectivity index (χ3n) is 5.18. The highest BCUT2D eigenvalue weighted by molar-refractivity contribution is 7.90. The normalized spacial score (nSPS) is 15.5. The lowest BCUT2D eigenvalue weighted by Gasteiger charge is -2.18. The molecule has 1 amide bonds. The van der Waals surface area contributed by atoms with Crippen LogP contribution in [0.2, 0.25) is 0 Å². The summed E-state index contributed by atoms with van der Waals surface area (Å²) in [6, 6.07) is 26.8.